The molecule has 2 N–H and O–H groups in total. The van der Waals surface area contributed by atoms with Crippen molar-refractivity contribution in [3.8, 4) is 11.1 Å². The lowest BCUT2D eigenvalue weighted by Gasteiger charge is -2.14. The predicted octanol–water partition coefficient (Wildman–Crippen LogP) is 5.81. The van der Waals surface area contributed by atoms with Crippen LogP contribution in [0.3, 0.4) is 0 Å². The summed E-state index contributed by atoms with van der Waals surface area (Å²) in [5, 5.41) is 7.03. The summed E-state index contributed by atoms with van der Waals surface area (Å²) >= 11 is 13.6. The van der Waals surface area contributed by atoms with Crippen molar-refractivity contribution in [2.45, 2.75) is 19.5 Å². The zero-order valence-electron chi connectivity index (χ0n) is 15.0. The molecule has 4 nitrogen and oxygen atoms in total. The average molecular weight is 430 g/mol. The fourth-order valence-electron chi connectivity index (χ4n) is 3.06. The molecule has 0 amide bonds. The van der Waals surface area contributed by atoms with E-state index >= 15 is 0 Å². The van der Waals surface area contributed by atoms with Gasteiger partial charge in [-0.15, -0.1) is 11.3 Å². The Balaban J connectivity index is 1.57. The average Bonchev–Trinajstić information content (AvgIpc) is 3.13. The number of rotatable bonds is 5. The van der Waals surface area contributed by atoms with E-state index in [4.69, 9.17) is 23.2 Å². The number of hydrogen-bond donors (Lipinski definition) is 2. The lowest BCUT2D eigenvalue weighted by atomic mass is 10.1. The first kappa shape index (κ1) is 19.2. The van der Waals surface area contributed by atoms with Gasteiger partial charge in [0.15, 0.2) is 0 Å². The molecule has 28 heavy (non-hydrogen) atoms. The predicted molar refractivity (Wildman–Crippen MR) is 117 cm³/mol. The number of fused-ring (bicyclic) bond motifs is 1. The molecule has 4 aromatic rings. The molecule has 0 radical (unpaired) electrons. The molecule has 0 aliphatic rings. The van der Waals surface area contributed by atoms with Crippen molar-refractivity contribution in [3.05, 3.63) is 85.7 Å². The van der Waals surface area contributed by atoms with Crippen LogP contribution in [0.25, 0.3) is 21.3 Å². The van der Waals surface area contributed by atoms with Gasteiger partial charge in [0.1, 0.15) is 10.7 Å². The van der Waals surface area contributed by atoms with Crippen molar-refractivity contribution in [2.75, 3.05) is 0 Å². The van der Waals surface area contributed by atoms with Gasteiger partial charge in [0.2, 0.25) is 0 Å². The largest absolute Gasteiger partial charge is 0.309 e. The molecule has 0 fully saturated rings. The molecule has 2 aromatic heterocycles. The number of hydrogen-bond acceptors (Lipinski definition) is 4. The molecule has 0 saturated heterocycles. The molecule has 1 atom stereocenters. The van der Waals surface area contributed by atoms with Gasteiger partial charge in [-0.3, -0.25) is 4.79 Å². The minimum atomic E-state index is -0.121. The standard InChI is InChI=1S/C21H17Cl2N3OS/c1-12(14-7-8-16(22)17(23)9-14)24-10-18-25-20(27)19-15(11-28-21(19)26-18)13-5-3-2-4-6-13/h2-9,11-12,24H,10H2,1H3,(H,25,26,27). The highest BCUT2D eigenvalue weighted by Gasteiger charge is 2.14. The van der Waals surface area contributed by atoms with Gasteiger partial charge in [-0.05, 0) is 30.2 Å². The summed E-state index contributed by atoms with van der Waals surface area (Å²) in [7, 11) is 0. The van der Waals surface area contributed by atoms with E-state index in [1.807, 2.05) is 54.8 Å². The Kier molecular flexibility index (Phi) is 5.51. The van der Waals surface area contributed by atoms with Gasteiger partial charge in [-0.2, -0.15) is 0 Å². The second kappa shape index (κ2) is 8.05. The summed E-state index contributed by atoms with van der Waals surface area (Å²) in [5.74, 6) is 0.603. The quantitative estimate of drug-likeness (QED) is 0.420. The van der Waals surface area contributed by atoms with Gasteiger partial charge in [0.05, 0.1) is 22.0 Å². The molecule has 0 aliphatic carbocycles. The van der Waals surface area contributed by atoms with Crippen LogP contribution in [0.1, 0.15) is 24.4 Å². The number of halogens is 2. The van der Waals surface area contributed by atoms with E-state index in [2.05, 4.69) is 15.3 Å². The van der Waals surface area contributed by atoms with Gasteiger partial charge in [-0.1, -0.05) is 59.6 Å². The van der Waals surface area contributed by atoms with Crippen LogP contribution < -0.4 is 10.9 Å². The second-order valence-electron chi connectivity index (χ2n) is 6.48. The Bertz CT molecular complexity index is 1190. The molecular formula is C21H17Cl2N3OS. The van der Waals surface area contributed by atoms with E-state index < -0.39 is 0 Å². The lowest BCUT2D eigenvalue weighted by molar-refractivity contribution is 0.560. The third kappa shape index (κ3) is 3.84. The third-order valence-corrected chi connectivity index (χ3v) is 6.21. The highest BCUT2D eigenvalue weighted by atomic mass is 35.5. The first-order valence-corrected chi connectivity index (χ1v) is 10.4. The van der Waals surface area contributed by atoms with E-state index in [1.165, 1.54) is 11.3 Å². The maximum atomic E-state index is 12.7. The summed E-state index contributed by atoms with van der Waals surface area (Å²) in [6, 6.07) is 15.4. The van der Waals surface area contributed by atoms with Crippen LogP contribution in [-0.2, 0) is 6.54 Å². The number of H-pyrrole nitrogens is 1. The SMILES string of the molecule is CC(NCc1nc2scc(-c3ccccc3)c2c(=O)[nH]1)c1ccc(Cl)c(Cl)c1. The lowest BCUT2D eigenvalue weighted by Crippen LogP contribution is -2.22. The summed E-state index contributed by atoms with van der Waals surface area (Å²) in [5.41, 5.74) is 2.82. The molecular weight excluding hydrogens is 413 g/mol. The van der Waals surface area contributed by atoms with Crippen LogP contribution >= 0.6 is 34.5 Å². The third-order valence-electron chi connectivity index (χ3n) is 4.60. The van der Waals surface area contributed by atoms with E-state index in [0.29, 0.717) is 27.8 Å². The zero-order valence-corrected chi connectivity index (χ0v) is 17.3. The van der Waals surface area contributed by atoms with Crippen molar-refractivity contribution in [1.29, 1.82) is 0 Å². The van der Waals surface area contributed by atoms with Crippen LogP contribution in [0.2, 0.25) is 10.0 Å². The Hall–Kier alpha value is -2.18. The molecule has 0 spiro atoms. The highest BCUT2D eigenvalue weighted by molar-refractivity contribution is 7.17. The fourth-order valence-corrected chi connectivity index (χ4v) is 4.33. The fraction of sp³-hybridized carbons (Fsp3) is 0.143. The van der Waals surface area contributed by atoms with Crippen molar-refractivity contribution >= 4 is 44.8 Å². The van der Waals surface area contributed by atoms with E-state index in [-0.39, 0.29) is 11.6 Å². The van der Waals surface area contributed by atoms with Crippen LogP contribution in [0.5, 0.6) is 0 Å². The number of nitrogens with zero attached hydrogens (tertiary/aromatic N) is 1. The molecule has 142 valence electrons. The Morgan fingerprint density at radius 1 is 1.14 bits per heavy atom. The molecule has 0 aliphatic heterocycles. The molecule has 0 bridgehead atoms. The van der Waals surface area contributed by atoms with Gasteiger partial charge in [0.25, 0.3) is 5.56 Å². The normalized spacial score (nSPS) is 12.4. The number of nitrogens with one attached hydrogen (secondary N) is 2. The van der Waals surface area contributed by atoms with Gasteiger partial charge >= 0.3 is 0 Å². The molecule has 0 saturated carbocycles. The molecule has 2 aromatic carbocycles. The van der Waals surface area contributed by atoms with Crippen LogP contribution in [0.4, 0.5) is 0 Å². The van der Waals surface area contributed by atoms with Gasteiger partial charge in [0, 0.05) is 17.0 Å². The van der Waals surface area contributed by atoms with Crippen LogP contribution in [0.15, 0.2) is 58.7 Å². The molecule has 7 heteroatoms. The van der Waals surface area contributed by atoms with Crippen molar-refractivity contribution in [1.82, 2.24) is 15.3 Å². The van der Waals surface area contributed by atoms with Crippen molar-refractivity contribution in [3.63, 3.8) is 0 Å². The second-order valence-corrected chi connectivity index (χ2v) is 8.16. The molecule has 2 heterocycles. The topological polar surface area (TPSA) is 57.8 Å². The summed E-state index contributed by atoms with van der Waals surface area (Å²) in [6.45, 7) is 2.46. The Morgan fingerprint density at radius 3 is 2.68 bits per heavy atom. The summed E-state index contributed by atoms with van der Waals surface area (Å²) in [6.07, 6.45) is 0. The van der Waals surface area contributed by atoms with Crippen LogP contribution in [0, 0.1) is 0 Å². The van der Waals surface area contributed by atoms with Crippen molar-refractivity contribution < 1.29 is 0 Å². The first-order chi connectivity index (χ1) is 13.5. The number of aromatic nitrogens is 2. The highest BCUT2D eigenvalue weighted by Crippen LogP contribution is 2.30. The Labute approximate surface area is 176 Å². The monoisotopic (exact) mass is 429 g/mol. The zero-order chi connectivity index (χ0) is 19.7. The number of aromatic amines is 1. The van der Waals surface area contributed by atoms with E-state index in [9.17, 15) is 4.79 Å². The van der Waals surface area contributed by atoms with E-state index in [1.54, 1.807) is 6.07 Å². The minimum absolute atomic E-state index is 0.0268. The van der Waals surface area contributed by atoms with Crippen molar-refractivity contribution in [2.24, 2.45) is 0 Å². The number of thiophene rings is 1. The number of benzene rings is 2. The minimum Gasteiger partial charge on any atom is -0.309 e. The smallest absolute Gasteiger partial charge is 0.260 e. The maximum absolute atomic E-state index is 12.7. The summed E-state index contributed by atoms with van der Waals surface area (Å²) < 4.78 is 0. The Morgan fingerprint density at radius 2 is 1.93 bits per heavy atom. The van der Waals surface area contributed by atoms with E-state index in [0.717, 1.165) is 21.5 Å². The summed E-state index contributed by atoms with van der Waals surface area (Å²) in [4.78, 5) is 21.0. The van der Waals surface area contributed by atoms with Gasteiger partial charge < -0.3 is 10.3 Å². The first-order valence-electron chi connectivity index (χ1n) is 8.77. The molecule has 1 unspecified atom stereocenters. The van der Waals surface area contributed by atoms with Crippen LogP contribution in [-0.4, -0.2) is 9.97 Å². The van der Waals surface area contributed by atoms with Gasteiger partial charge in [-0.25, -0.2) is 4.98 Å². The molecule has 4 rings (SSSR count). The maximum Gasteiger partial charge on any atom is 0.260 e.